The molecular weight excluding hydrogens is 408 g/mol. The number of hydrogen-bond acceptors (Lipinski definition) is 5. The lowest BCUT2D eigenvalue weighted by Crippen LogP contribution is -2.57. The minimum Gasteiger partial charge on any atom is -0.459 e. The van der Waals surface area contributed by atoms with E-state index in [9.17, 15) is 14.4 Å². The van der Waals surface area contributed by atoms with Crippen molar-refractivity contribution >= 4 is 18.0 Å². The standard InChI is InChI=1S/C25H30N2O5/c1-25(2,3)21(26-24(30)32-19-13-8-5-9-14-19)22(28)27-16-10-15-20(27)23(29)31-17-18-11-6-4-7-12-18/h4-9,11-14,20-21H,10,15-17H2,1-3H3,(H,26,30). The first kappa shape index (κ1) is 23.3. The fourth-order valence-electron chi connectivity index (χ4n) is 3.66. The van der Waals surface area contributed by atoms with Crippen molar-refractivity contribution in [1.29, 1.82) is 0 Å². The number of para-hydroxylation sites is 1. The van der Waals surface area contributed by atoms with Gasteiger partial charge in [-0.25, -0.2) is 9.59 Å². The summed E-state index contributed by atoms with van der Waals surface area (Å²) < 4.78 is 10.8. The van der Waals surface area contributed by atoms with Gasteiger partial charge < -0.3 is 19.7 Å². The van der Waals surface area contributed by atoms with E-state index >= 15 is 0 Å². The summed E-state index contributed by atoms with van der Waals surface area (Å²) in [6.45, 7) is 6.17. The molecular formula is C25H30N2O5. The highest BCUT2D eigenvalue weighted by atomic mass is 16.6. The summed E-state index contributed by atoms with van der Waals surface area (Å²) >= 11 is 0. The Hall–Kier alpha value is -3.35. The third kappa shape index (κ3) is 6.09. The second-order valence-corrected chi connectivity index (χ2v) is 8.93. The molecule has 0 radical (unpaired) electrons. The molecule has 0 aliphatic carbocycles. The van der Waals surface area contributed by atoms with E-state index < -0.39 is 29.6 Å². The smallest absolute Gasteiger partial charge is 0.413 e. The number of benzene rings is 2. The number of esters is 1. The van der Waals surface area contributed by atoms with Gasteiger partial charge in [-0.3, -0.25) is 4.79 Å². The Labute approximate surface area is 188 Å². The first-order chi connectivity index (χ1) is 15.3. The van der Waals surface area contributed by atoms with Crippen LogP contribution < -0.4 is 10.1 Å². The van der Waals surface area contributed by atoms with E-state index in [1.807, 2.05) is 57.2 Å². The van der Waals surface area contributed by atoms with Crippen molar-refractivity contribution in [2.75, 3.05) is 6.54 Å². The van der Waals surface area contributed by atoms with Crippen LogP contribution in [0.25, 0.3) is 0 Å². The largest absolute Gasteiger partial charge is 0.459 e. The molecule has 0 aromatic heterocycles. The maximum absolute atomic E-state index is 13.4. The van der Waals surface area contributed by atoms with E-state index in [2.05, 4.69) is 5.32 Å². The van der Waals surface area contributed by atoms with Crippen LogP contribution in [0.2, 0.25) is 0 Å². The van der Waals surface area contributed by atoms with Gasteiger partial charge in [-0.1, -0.05) is 69.3 Å². The van der Waals surface area contributed by atoms with E-state index in [1.54, 1.807) is 24.3 Å². The minimum atomic E-state index is -0.860. The van der Waals surface area contributed by atoms with Crippen LogP contribution in [0.15, 0.2) is 60.7 Å². The summed E-state index contributed by atoms with van der Waals surface area (Å²) in [5.41, 5.74) is 0.294. The zero-order chi connectivity index (χ0) is 23.1. The van der Waals surface area contributed by atoms with E-state index in [-0.39, 0.29) is 12.5 Å². The molecule has 2 unspecified atom stereocenters. The van der Waals surface area contributed by atoms with Crippen LogP contribution in [0.3, 0.4) is 0 Å². The molecule has 1 saturated heterocycles. The molecule has 2 amide bonds. The predicted octanol–water partition coefficient (Wildman–Crippen LogP) is 3.92. The lowest BCUT2D eigenvalue weighted by Gasteiger charge is -2.34. The third-order valence-electron chi connectivity index (χ3n) is 5.36. The minimum absolute atomic E-state index is 0.155. The number of carbonyl (C=O) groups is 3. The molecule has 170 valence electrons. The van der Waals surface area contributed by atoms with Gasteiger partial charge in [-0.15, -0.1) is 0 Å². The molecule has 1 heterocycles. The molecule has 2 atom stereocenters. The SMILES string of the molecule is CC(C)(C)C(NC(=O)Oc1ccccc1)C(=O)N1CCCC1C(=O)OCc1ccccc1. The molecule has 0 spiro atoms. The Balaban J connectivity index is 1.66. The van der Waals surface area contributed by atoms with Crippen molar-refractivity contribution in [2.24, 2.45) is 5.41 Å². The maximum atomic E-state index is 13.4. The Morgan fingerprint density at radius 2 is 1.66 bits per heavy atom. The topological polar surface area (TPSA) is 84.9 Å². The van der Waals surface area contributed by atoms with Crippen LogP contribution in [-0.4, -0.2) is 41.5 Å². The molecule has 1 aliphatic heterocycles. The van der Waals surface area contributed by atoms with Gasteiger partial charge in [0, 0.05) is 6.54 Å². The summed E-state index contributed by atoms with van der Waals surface area (Å²) in [4.78, 5) is 40.1. The van der Waals surface area contributed by atoms with E-state index in [0.29, 0.717) is 25.1 Å². The molecule has 3 rings (SSSR count). The zero-order valence-electron chi connectivity index (χ0n) is 18.7. The number of amides is 2. The third-order valence-corrected chi connectivity index (χ3v) is 5.36. The first-order valence-corrected chi connectivity index (χ1v) is 10.8. The van der Waals surface area contributed by atoms with Gasteiger partial charge in [-0.05, 0) is 36.0 Å². The van der Waals surface area contributed by atoms with Crippen LogP contribution in [0.4, 0.5) is 4.79 Å². The summed E-state index contributed by atoms with van der Waals surface area (Å²) in [7, 11) is 0. The number of likely N-dealkylation sites (tertiary alicyclic amines) is 1. The van der Waals surface area contributed by atoms with Crippen molar-refractivity contribution in [3.8, 4) is 5.75 Å². The number of hydrogen-bond donors (Lipinski definition) is 1. The molecule has 7 nitrogen and oxygen atoms in total. The van der Waals surface area contributed by atoms with Crippen molar-refractivity contribution in [3.05, 3.63) is 66.2 Å². The van der Waals surface area contributed by atoms with Gasteiger partial charge in [0.2, 0.25) is 5.91 Å². The van der Waals surface area contributed by atoms with E-state index in [0.717, 1.165) is 5.56 Å². The van der Waals surface area contributed by atoms with Crippen LogP contribution in [-0.2, 0) is 20.9 Å². The Kier molecular flexibility index (Phi) is 7.51. The molecule has 2 aromatic rings. The molecule has 1 aliphatic rings. The quantitative estimate of drug-likeness (QED) is 0.691. The number of carbonyl (C=O) groups excluding carboxylic acids is 3. The Morgan fingerprint density at radius 1 is 1.03 bits per heavy atom. The number of nitrogens with zero attached hydrogens (tertiary/aromatic N) is 1. The molecule has 1 N–H and O–H groups in total. The predicted molar refractivity (Wildman–Crippen MR) is 120 cm³/mol. The number of nitrogens with one attached hydrogen (secondary N) is 1. The van der Waals surface area contributed by atoms with E-state index in [1.165, 1.54) is 4.90 Å². The van der Waals surface area contributed by atoms with Gasteiger partial charge in [0.1, 0.15) is 24.4 Å². The normalized spacial score (nSPS) is 16.8. The monoisotopic (exact) mass is 438 g/mol. The summed E-state index contributed by atoms with van der Waals surface area (Å²) in [5.74, 6) is -0.366. The Morgan fingerprint density at radius 3 is 2.28 bits per heavy atom. The van der Waals surface area contributed by atoms with Gasteiger partial charge in [0.15, 0.2) is 0 Å². The molecule has 7 heteroatoms. The molecule has 1 fully saturated rings. The highest BCUT2D eigenvalue weighted by Gasteiger charge is 2.42. The van der Waals surface area contributed by atoms with Gasteiger partial charge in [-0.2, -0.15) is 0 Å². The fraction of sp³-hybridized carbons (Fsp3) is 0.400. The lowest BCUT2D eigenvalue weighted by atomic mass is 9.85. The molecule has 0 bridgehead atoms. The highest BCUT2D eigenvalue weighted by Crippen LogP contribution is 2.26. The summed E-state index contributed by atoms with van der Waals surface area (Å²) in [6, 6.07) is 16.5. The van der Waals surface area contributed by atoms with Crippen molar-refractivity contribution in [3.63, 3.8) is 0 Å². The first-order valence-electron chi connectivity index (χ1n) is 10.8. The lowest BCUT2D eigenvalue weighted by molar-refractivity contribution is -0.155. The fourth-order valence-corrected chi connectivity index (χ4v) is 3.66. The molecule has 2 aromatic carbocycles. The molecule has 32 heavy (non-hydrogen) atoms. The van der Waals surface area contributed by atoms with Gasteiger partial charge in [0.25, 0.3) is 0 Å². The Bertz CT molecular complexity index is 924. The van der Waals surface area contributed by atoms with Gasteiger partial charge in [0.05, 0.1) is 0 Å². The maximum Gasteiger partial charge on any atom is 0.413 e. The van der Waals surface area contributed by atoms with Gasteiger partial charge >= 0.3 is 12.1 Å². The number of ether oxygens (including phenoxy) is 2. The van der Waals surface area contributed by atoms with Crippen molar-refractivity contribution < 1.29 is 23.9 Å². The summed E-state index contributed by atoms with van der Waals surface area (Å²) in [5, 5.41) is 2.69. The zero-order valence-corrected chi connectivity index (χ0v) is 18.7. The van der Waals surface area contributed by atoms with Crippen molar-refractivity contribution in [2.45, 2.75) is 52.3 Å². The van der Waals surface area contributed by atoms with Crippen molar-refractivity contribution in [1.82, 2.24) is 10.2 Å². The summed E-state index contributed by atoms with van der Waals surface area (Å²) in [6.07, 6.45) is 0.513. The average Bonchev–Trinajstić information content (AvgIpc) is 3.26. The van der Waals surface area contributed by atoms with Crippen LogP contribution in [0, 0.1) is 5.41 Å². The van der Waals surface area contributed by atoms with Crippen LogP contribution >= 0.6 is 0 Å². The van der Waals surface area contributed by atoms with Crippen LogP contribution in [0.5, 0.6) is 5.75 Å². The van der Waals surface area contributed by atoms with Crippen LogP contribution in [0.1, 0.15) is 39.2 Å². The molecule has 0 saturated carbocycles. The van der Waals surface area contributed by atoms with E-state index in [4.69, 9.17) is 9.47 Å². The second kappa shape index (κ2) is 10.3. The average molecular weight is 439 g/mol. The number of rotatable bonds is 6. The highest BCUT2D eigenvalue weighted by molar-refractivity contribution is 5.91. The second-order valence-electron chi connectivity index (χ2n) is 8.93.